The fraction of sp³-hybridized carbons (Fsp3) is 0.208. The number of nitrogens with zero attached hydrogens (tertiary/aromatic N) is 1. The molecule has 1 aliphatic heterocycles. The van der Waals surface area contributed by atoms with Gasteiger partial charge >= 0.3 is 0 Å². The molecule has 0 fully saturated rings. The van der Waals surface area contributed by atoms with E-state index in [1.54, 1.807) is 24.3 Å². The monoisotopic (exact) mass is 402 g/mol. The van der Waals surface area contributed by atoms with Gasteiger partial charge in [0.15, 0.2) is 0 Å². The number of hydrogen-bond donors (Lipinski definition) is 1. The zero-order valence-electron chi connectivity index (χ0n) is 16.8. The Balaban J connectivity index is 1.56. The molecule has 152 valence electrons. The number of carbonyl (C=O) groups is 3. The molecule has 1 aromatic heterocycles. The molecule has 6 nitrogen and oxygen atoms in total. The lowest BCUT2D eigenvalue weighted by Crippen LogP contribution is -2.31. The van der Waals surface area contributed by atoms with E-state index >= 15 is 0 Å². The smallest absolute Gasteiger partial charge is 0.261 e. The highest BCUT2D eigenvalue weighted by molar-refractivity contribution is 6.22. The number of rotatable bonds is 6. The summed E-state index contributed by atoms with van der Waals surface area (Å²) in [6, 6.07) is 17.6. The van der Waals surface area contributed by atoms with E-state index in [2.05, 4.69) is 5.32 Å². The predicted octanol–water partition coefficient (Wildman–Crippen LogP) is 4.20. The van der Waals surface area contributed by atoms with E-state index in [-0.39, 0.29) is 35.9 Å². The standard InChI is InChI=1S/C24H22N2O4/c1-15(2)21(16-7-4-3-5-8-16)25-22(27)17-10-11-19-20(13-17)24(29)26(23(19)28)14-18-9-6-12-30-18/h3-13,15,21H,14H2,1-2H3,(H,25,27). The molecule has 6 heteroatoms. The van der Waals surface area contributed by atoms with E-state index in [0.29, 0.717) is 16.9 Å². The molecule has 1 unspecified atom stereocenters. The number of carbonyl (C=O) groups excluding carboxylic acids is 3. The molecule has 1 aliphatic rings. The molecule has 0 saturated heterocycles. The van der Waals surface area contributed by atoms with Crippen molar-refractivity contribution in [3.63, 3.8) is 0 Å². The maximum atomic E-state index is 12.9. The highest BCUT2D eigenvalue weighted by Crippen LogP contribution is 2.27. The average Bonchev–Trinajstić information content (AvgIpc) is 3.35. The molecular weight excluding hydrogens is 380 g/mol. The largest absolute Gasteiger partial charge is 0.467 e. The van der Waals surface area contributed by atoms with E-state index in [1.807, 2.05) is 44.2 Å². The van der Waals surface area contributed by atoms with Crippen LogP contribution in [0, 0.1) is 5.92 Å². The summed E-state index contributed by atoms with van der Waals surface area (Å²) in [5, 5.41) is 3.05. The van der Waals surface area contributed by atoms with Gasteiger partial charge in [0.1, 0.15) is 5.76 Å². The molecule has 0 radical (unpaired) electrons. The lowest BCUT2D eigenvalue weighted by molar-refractivity contribution is 0.0631. The summed E-state index contributed by atoms with van der Waals surface area (Å²) in [7, 11) is 0. The lowest BCUT2D eigenvalue weighted by Gasteiger charge is -2.23. The van der Waals surface area contributed by atoms with Crippen LogP contribution in [0.5, 0.6) is 0 Å². The second kappa shape index (κ2) is 7.99. The summed E-state index contributed by atoms with van der Waals surface area (Å²) in [6.45, 7) is 4.13. The fourth-order valence-corrected chi connectivity index (χ4v) is 3.65. The first-order chi connectivity index (χ1) is 14.5. The van der Waals surface area contributed by atoms with E-state index in [0.717, 1.165) is 10.5 Å². The molecule has 3 aromatic rings. The SMILES string of the molecule is CC(C)C(NC(=O)c1ccc2c(c1)C(=O)N(Cc1ccco1)C2=O)c1ccccc1. The van der Waals surface area contributed by atoms with Gasteiger partial charge in [0.25, 0.3) is 17.7 Å². The van der Waals surface area contributed by atoms with E-state index < -0.39 is 5.91 Å². The van der Waals surface area contributed by atoms with Crippen molar-refractivity contribution in [2.24, 2.45) is 5.92 Å². The Morgan fingerprint density at radius 2 is 1.70 bits per heavy atom. The Morgan fingerprint density at radius 3 is 2.37 bits per heavy atom. The van der Waals surface area contributed by atoms with Crippen molar-refractivity contribution in [2.45, 2.75) is 26.4 Å². The first-order valence-corrected chi connectivity index (χ1v) is 9.84. The molecule has 30 heavy (non-hydrogen) atoms. The summed E-state index contributed by atoms with van der Waals surface area (Å²) in [5.41, 5.74) is 1.89. The molecule has 0 spiro atoms. The summed E-state index contributed by atoms with van der Waals surface area (Å²) in [6.07, 6.45) is 1.49. The van der Waals surface area contributed by atoms with Crippen LogP contribution in [-0.4, -0.2) is 22.6 Å². The van der Waals surface area contributed by atoms with Crippen molar-refractivity contribution in [3.8, 4) is 0 Å². The molecule has 1 N–H and O–H groups in total. The molecule has 0 saturated carbocycles. The molecule has 3 amide bonds. The van der Waals surface area contributed by atoms with Gasteiger partial charge in [0, 0.05) is 5.56 Å². The Morgan fingerprint density at radius 1 is 0.967 bits per heavy atom. The third-order valence-corrected chi connectivity index (χ3v) is 5.24. The van der Waals surface area contributed by atoms with Gasteiger partial charge in [-0.05, 0) is 41.8 Å². The van der Waals surface area contributed by atoms with Crippen molar-refractivity contribution in [1.82, 2.24) is 10.2 Å². The topological polar surface area (TPSA) is 79.6 Å². The van der Waals surface area contributed by atoms with Gasteiger partial charge in [-0.3, -0.25) is 19.3 Å². The van der Waals surface area contributed by atoms with Crippen LogP contribution in [-0.2, 0) is 6.54 Å². The van der Waals surface area contributed by atoms with E-state index in [1.165, 1.54) is 12.3 Å². The Kier molecular flexibility index (Phi) is 5.23. The Labute approximate surface area is 174 Å². The number of furan rings is 1. The molecular formula is C24H22N2O4. The number of imide groups is 1. The van der Waals surface area contributed by atoms with Crippen molar-refractivity contribution in [3.05, 3.63) is 94.9 Å². The van der Waals surface area contributed by atoms with Gasteiger partial charge in [-0.2, -0.15) is 0 Å². The van der Waals surface area contributed by atoms with Gasteiger partial charge in [-0.25, -0.2) is 0 Å². The normalized spacial score (nSPS) is 14.2. The minimum absolute atomic E-state index is 0.0598. The molecule has 2 aromatic carbocycles. The summed E-state index contributed by atoms with van der Waals surface area (Å²) >= 11 is 0. The van der Waals surface area contributed by atoms with Gasteiger partial charge in [-0.15, -0.1) is 0 Å². The summed E-state index contributed by atoms with van der Waals surface area (Å²) in [5.74, 6) is -0.403. The van der Waals surface area contributed by atoms with Gasteiger partial charge < -0.3 is 9.73 Å². The zero-order valence-corrected chi connectivity index (χ0v) is 16.8. The molecule has 4 rings (SSSR count). The molecule has 1 atom stereocenters. The van der Waals surface area contributed by atoms with Crippen molar-refractivity contribution >= 4 is 17.7 Å². The van der Waals surface area contributed by atoms with Crippen LogP contribution in [0.2, 0.25) is 0 Å². The average molecular weight is 402 g/mol. The minimum Gasteiger partial charge on any atom is -0.467 e. The van der Waals surface area contributed by atoms with Crippen molar-refractivity contribution in [2.75, 3.05) is 0 Å². The van der Waals surface area contributed by atoms with Crippen molar-refractivity contribution < 1.29 is 18.8 Å². The minimum atomic E-state index is -0.426. The molecule has 0 aliphatic carbocycles. The number of fused-ring (bicyclic) bond motifs is 1. The molecule has 0 bridgehead atoms. The second-order valence-corrected chi connectivity index (χ2v) is 7.64. The van der Waals surface area contributed by atoms with Crippen LogP contribution in [0.4, 0.5) is 0 Å². The fourth-order valence-electron chi connectivity index (χ4n) is 3.65. The Hall–Kier alpha value is -3.67. The Bertz CT molecular complexity index is 1090. The third kappa shape index (κ3) is 3.64. The first kappa shape index (κ1) is 19.6. The number of nitrogens with one attached hydrogen (secondary N) is 1. The van der Waals surface area contributed by atoms with Gasteiger partial charge in [-0.1, -0.05) is 44.2 Å². The maximum Gasteiger partial charge on any atom is 0.261 e. The van der Waals surface area contributed by atoms with Crippen LogP contribution in [0.1, 0.15) is 62.3 Å². The van der Waals surface area contributed by atoms with Crippen LogP contribution < -0.4 is 5.32 Å². The predicted molar refractivity (Wildman–Crippen MR) is 111 cm³/mol. The van der Waals surface area contributed by atoms with E-state index in [9.17, 15) is 14.4 Å². The lowest BCUT2D eigenvalue weighted by atomic mass is 9.95. The zero-order chi connectivity index (χ0) is 21.3. The first-order valence-electron chi connectivity index (χ1n) is 9.84. The number of hydrogen-bond acceptors (Lipinski definition) is 4. The summed E-state index contributed by atoms with van der Waals surface area (Å²) in [4.78, 5) is 39.5. The number of amides is 3. The highest BCUT2D eigenvalue weighted by atomic mass is 16.3. The molecule has 2 heterocycles. The van der Waals surface area contributed by atoms with Crippen LogP contribution in [0.15, 0.2) is 71.3 Å². The van der Waals surface area contributed by atoms with Crippen LogP contribution in [0.3, 0.4) is 0 Å². The number of benzene rings is 2. The van der Waals surface area contributed by atoms with Gasteiger partial charge in [0.05, 0.1) is 30.0 Å². The summed E-state index contributed by atoms with van der Waals surface area (Å²) < 4.78 is 5.25. The van der Waals surface area contributed by atoms with Gasteiger partial charge in [0.2, 0.25) is 0 Å². The maximum absolute atomic E-state index is 12.9. The van der Waals surface area contributed by atoms with Crippen LogP contribution in [0.25, 0.3) is 0 Å². The van der Waals surface area contributed by atoms with Crippen molar-refractivity contribution in [1.29, 1.82) is 0 Å². The quantitative estimate of drug-likeness (QED) is 0.627. The third-order valence-electron chi connectivity index (χ3n) is 5.24. The highest BCUT2D eigenvalue weighted by Gasteiger charge is 2.36. The van der Waals surface area contributed by atoms with Crippen LogP contribution >= 0.6 is 0 Å². The van der Waals surface area contributed by atoms with E-state index in [4.69, 9.17) is 4.42 Å². The second-order valence-electron chi connectivity index (χ2n) is 7.64.